The Morgan fingerprint density at radius 1 is 1.09 bits per heavy atom. The number of hydrogen-bond acceptors (Lipinski definition) is 3. The van der Waals surface area contributed by atoms with E-state index in [-0.39, 0.29) is 12.2 Å². The molecule has 0 saturated carbocycles. The van der Waals surface area contributed by atoms with Gasteiger partial charge in [-0.25, -0.2) is 18.4 Å². The number of alkyl carbamates (subject to hydrolysis) is 1. The summed E-state index contributed by atoms with van der Waals surface area (Å²) in [5.41, 5.74) is 0.621. The number of nitrogens with one attached hydrogen (secondary N) is 1. The number of carboxylic acids is 1. The van der Waals surface area contributed by atoms with E-state index in [9.17, 15) is 18.4 Å². The van der Waals surface area contributed by atoms with Crippen molar-refractivity contribution >= 4 is 12.1 Å². The highest BCUT2D eigenvalue weighted by molar-refractivity contribution is 5.81. The van der Waals surface area contributed by atoms with Gasteiger partial charge in [0.1, 0.15) is 6.61 Å². The highest BCUT2D eigenvalue weighted by Gasteiger charge is 2.24. The average molecular weight is 321 g/mol. The minimum Gasteiger partial charge on any atom is -0.479 e. The van der Waals surface area contributed by atoms with Crippen LogP contribution < -0.4 is 5.32 Å². The minimum absolute atomic E-state index is 0.0448. The van der Waals surface area contributed by atoms with E-state index in [0.29, 0.717) is 6.07 Å². The van der Waals surface area contributed by atoms with E-state index >= 15 is 0 Å². The number of carboxylic acid groups (broad SMARTS) is 1. The fourth-order valence-corrected chi connectivity index (χ4v) is 1.86. The molecule has 5 nitrogen and oxygen atoms in total. The van der Waals surface area contributed by atoms with Crippen LogP contribution in [-0.4, -0.2) is 17.2 Å². The van der Waals surface area contributed by atoms with Crippen molar-refractivity contribution < 1.29 is 28.2 Å². The Morgan fingerprint density at radius 3 is 2.39 bits per heavy atom. The standard InChI is InChI=1S/C16H13F2NO4/c17-12-7-6-11(8-13(12)18)14(15(20)21)19-16(22)23-9-10-4-2-1-3-5-10/h1-8,14H,9H2,(H,19,22)(H,20,21). The van der Waals surface area contributed by atoms with Gasteiger partial charge in [0, 0.05) is 0 Å². The Kier molecular flexibility index (Phi) is 5.24. The zero-order chi connectivity index (χ0) is 16.8. The molecule has 23 heavy (non-hydrogen) atoms. The summed E-state index contributed by atoms with van der Waals surface area (Å²) in [5.74, 6) is -3.73. The fraction of sp³-hybridized carbons (Fsp3) is 0.125. The molecule has 1 unspecified atom stereocenters. The van der Waals surface area contributed by atoms with Gasteiger partial charge in [-0.05, 0) is 23.3 Å². The second-order valence-corrected chi connectivity index (χ2v) is 4.65. The average Bonchev–Trinajstić information content (AvgIpc) is 2.54. The molecule has 120 valence electrons. The highest BCUT2D eigenvalue weighted by atomic mass is 19.2. The highest BCUT2D eigenvalue weighted by Crippen LogP contribution is 2.17. The van der Waals surface area contributed by atoms with Crippen LogP contribution in [0.3, 0.4) is 0 Å². The fourth-order valence-electron chi connectivity index (χ4n) is 1.86. The number of halogens is 2. The molecule has 0 aromatic heterocycles. The first-order chi connectivity index (χ1) is 11.0. The molecule has 0 fully saturated rings. The quantitative estimate of drug-likeness (QED) is 0.887. The van der Waals surface area contributed by atoms with Crippen LogP contribution in [0.4, 0.5) is 13.6 Å². The minimum atomic E-state index is -1.55. The summed E-state index contributed by atoms with van der Waals surface area (Å²) in [6, 6.07) is 9.82. The number of benzene rings is 2. The van der Waals surface area contributed by atoms with Crippen LogP contribution in [0, 0.1) is 11.6 Å². The topological polar surface area (TPSA) is 75.6 Å². The summed E-state index contributed by atoms with van der Waals surface area (Å²) in [6.45, 7) is -0.0448. The van der Waals surface area contributed by atoms with Crippen LogP contribution in [-0.2, 0) is 16.1 Å². The summed E-state index contributed by atoms with van der Waals surface area (Å²) in [7, 11) is 0. The van der Waals surface area contributed by atoms with Gasteiger partial charge in [-0.2, -0.15) is 0 Å². The molecule has 2 N–H and O–H groups in total. The van der Waals surface area contributed by atoms with Crippen molar-refractivity contribution in [2.75, 3.05) is 0 Å². The largest absolute Gasteiger partial charge is 0.479 e. The van der Waals surface area contributed by atoms with Gasteiger partial charge in [0.15, 0.2) is 17.7 Å². The van der Waals surface area contributed by atoms with E-state index in [1.165, 1.54) is 0 Å². The summed E-state index contributed by atoms with van der Waals surface area (Å²) in [5, 5.41) is 11.2. The normalized spacial score (nSPS) is 11.6. The Morgan fingerprint density at radius 2 is 1.78 bits per heavy atom. The number of amides is 1. The monoisotopic (exact) mass is 321 g/mol. The summed E-state index contributed by atoms with van der Waals surface area (Å²) in [4.78, 5) is 22.9. The Bertz CT molecular complexity index is 706. The molecular weight excluding hydrogens is 308 g/mol. The lowest BCUT2D eigenvalue weighted by Gasteiger charge is -2.15. The van der Waals surface area contributed by atoms with Gasteiger partial charge in [-0.3, -0.25) is 0 Å². The van der Waals surface area contributed by atoms with Crippen molar-refractivity contribution in [3.8, 4) is 0 Å². The van der Waals surface area contributed by atoms with E-state index in [1.807, 2.05) is 0 Å². The molecule has 0 saturated heterocycles. The van der Waals surface area contributed by atoms with Gasteiger partial charge < -0.3 is 15.2 Å². The van der Waals surface area contributed by atoms with Crippen molar-refractivity contribution in [3.63, 3.8) is 0 Å². The Hall–Kier alpha value is -2.96. The lowest BCUT2D eigenvalue weighted by molar-refractivity contribution is -0.139. The molecule has 1 amide bonds. The maximum Gasteiger partial charge on any atom is 0.408 e. The molecule has 0 aliphatic rings. The van der Waals surface area contributed by atoms with Crippen molar-refractivity contribution in [1.29, 1.82) is 0 Å². The van der Waals surface area contributed by atoms with Crippen LogP contribution in [0.2, 0.25) is 0 Å². The van der Waals surface area contributed by atoms with E-state index in [0.717, 1.165) is 17.7 Å². The molecule has 7 heteroatoms. The van der Waals surface area contributed by atoms with Crippen molar-refractivity contribution in [1.82, 2.24) is 5.32 Å². The smallest absolute Gasteiger partial charge is 0.408 e. The van der Waals surface area contributed by atoms with Crippen LogP contribution in [0.25, 0.3) is 0 Å². The maximum absolute atomic E-state index is 13.2. The third-order valence-electron chi connectivity index (χ3n) is 3.00. The van der Waals surface area contributed by atoms with Gasteiger partial charge in [0.05, 0.1) is 0 Å². The first-order valence-electron chi connectivity index (χ1n) is 6.62. The molecule has 2 aromatic carbocycles. The molecule has 0 heterocycles. The summed E-state index contributed by atoms with van der Waals surface area (Å²) >= 11 is 0. The van der Waals surface area contributed by atoms with Gasteiger partial charge in [0.25, 0.3) is 0 Å². The molecule has 2 rings (SSSR count). The van der Waals surface area contributed by atoms with Crippen molar-refractivity contribution in [2.45, 2.75) is 12.6 Å². The molecule has 0 bridgehead atoms. The number of aliphatic carboxylic acids is 1. The van der Waals surface area contributed by atoms with E-state index in [2.05, 4.69) is 5.32 Å². The van der Waals surface area contributed by atoms with Crippen molar-refractivity contribution in [2.24, 2.45) is 0 Å². The van der Waals surface area contributed by atoms with Gasteiger partial charge >= 0.3 is 12.1 Å². The van der Waals surface area contributed by atoms with E-state index < -0.39 is 29.7 Å². The number of carbonyl (C=O) groups is 2. The Labute approximate surface area is 130 Å². The SMILES string of the molecule is O=C(NC(C(=O)O)c1ccc(F)c(F)c1)OCc1ccccc1. The molecule has 0 aliphatic heterocycles. The first-order valence-corrected chi connectivity index (χ1v) is 6.62. The second-order valence-electron chi connectivity index (χ2n) is 4.65. The lowest BCUT2D eigenvalue weighted by atomic mass is 10.1. The van der Waals surface area contributed by atoms with Gasteiger partial charge in [0.2, 0.25) is 0 Å². The van der Waals surface area contributed by atoms with Gasteiger partial charge in [-0.15, -0.1) is 0 Å². The zero-order valence-corrected chi connectivity index (χ0v) is 11.8. The first kappa shape index (κ1) is 16.4. The molecule has 0 radical (unpaired) electrons. The molecule has 0 spiro atoms. The zero-order valence-electron chi connectivity index (χ0n) is 11.8. The molecule has 1 atom stereocenters. The Balaban J connectivity index is 2.02. The molecule has 2 aromatic rings. The predicted molar refractivity (Wildman–Crippen MR) is 76.5 cm³/mol. The summed E-state index contributed by atoms with van der Waals surface area (Å²) in [6.07, 6.45) is -0.981. The predicted octanol–water partition coefficient (Wildman–Crippen LogP) is 3.02. The maximum atomic E-state index is 13.2. The molecule has 0 aliphatic carbocycles. The van der Waals surface area contributed by atoms with E-state index in [4.69, 9.17) is 9.84 Å². The van der Waals surface area contributed by atoms with Gasteiger partial charge in [-0.1, -0.05) is 36.4 Å². The van der Waals surface area contributed by atoms with Crippen molar-refractivity contribution in [3.05, 3.63) is 71.3 Å². The van der Waals surface area contributed by atoms with Crippen LogP contribution >= 0.6 is 0 Å². The lowest BCUT2D eigenvalue weighted by Crippen LogP contribution is -2.34. The number of rotatable bonds is 5. The number of ether oxygens (including phenoxy) is 1. The van der Waals surface area contributed by atoms with Crippen LogP contribution in [0.1, 0.15) is 17.2 Å². The number of carbonyl (C=O) groups excluding carboxylic acids is 1. The molecular formula is C16H13F2NO4. The summed E-state index contributed by atoms with van der Waals surface area (Å²) < 4.78 is 31.0. The third-order valence-corrected chi connectivity index (χ3v) is 3.00. The van der Waals surface area contributed by atoms with Crippen LogP contribution in [0.15, 0.2) is 48.5 Å². The second kappa shape index (κ2) is 7.35. The third kappa shape index (κ3) is 4.50. The van der Waals surface area contributed by atoms with Crippen LogP contribution in [0.5, 0.6) is 0 Å². The van der Waals surface area contributed by atoms with E-state index in [1.54, 1.807) is 30.3 Å². The number of hydrogen-bond donors (Lipinski definition) is 2.